The largest absolute Gasteiger partial charge is 0.628 e. The van der Waals surface area contributed by atoms with E-state index in [1.165, 1.54) is 0 Å². The Kier molecular flexibility index (Phi) is 7.64. The minimum absolute atomic E-state index is 0.0324. The van der Waals surface area contributed by atoms with E-state index in [4.69, 9.17) is 4.74 Å². The van der Waals surface area contributed by atoms with Crippen LogP contribution in [0.2, 0.25) is 0 Å². The van der Waals surface area contributed by atoms with Crippen molar-refractivity contribution in [1.29, 1.82) is 0 Å². The quantitative estimate of drug-likeness (QED) is 0.710. The first-order valence-electron chi connectivity index (χ1n) is 9.98. The van der Waals surface area contributed by atoms with Gasteiger partial charge < -0.3 is 25.3 Å². The van der Waals surface area contributed by atoms with Crippen LogP contribution in [0.3, 0.4) is 0 Å². The summed E-state index contributed by atoms with van der Waals surface area (Å²) in [4.78, 5) is 0. The second kappa shape index (κ2) is 8.58. The van der Waals surface area contributed by atoms with Crippen molar-refractivity contribution in [3.8, 4) is 0 Å². The third-order valence-electron chi connectivity index (χ3n) is 4.94. The van der Waals surface area contributed by atoms with Crippen molar-refractivity contribution in [2.24, 2.45) is 5.92 Å². The highest BCUT2D eigenvalue weighted by Gasteiger charge is 2.30. The predicted molar refractivity (Wildman–Crippen MR) is 112 cm³/mol. The van der Waals surface area contributed by atoms with E-state index in [2.05, 4.69) is 13.8 Å². The third-order valence-corrected chi connectivity index (χ3v) is 4.94. The summed E-state index contributed by atoms with van der Waals surface area (Å²) >= 11 is 0. The Bertz CT molecular complexity index is 577. The first-order valence-corrected chi connectivity index (χ1v) is 9.98. The van der Waals surface area contributed by atoms with Crippen molar-refractivity contribution in [1.82, 2.24) is 0 Å². The maximum absolute atomic E-state index is 12.9. The molecule has 0 aliphatic rings. The van der Waals surface area contributed by atoms with Crippen LogP contribution in [0.15, 0.2) is 18.2 Å². The number of ether oxygens (including phenoxy) is 1. The van der Waals surface area contributed by atoms with E-state index >= 15 is 0 Å². The first-order chi connectivity index (χ1) is 12.1. The summed E-state index contributed by atoms with van der Waals surface area (Å²) < 4.78 is 6.19. The van der Waals surface area contributed by atoms with Crippen LogP contribution < -0.4 is 10.1 Å². The molecule has 0 aliphatic heterocycles. The Morgan fingerprint density at radius 3 is 1.59 bits per heavy atom. The molecule has 0 bridgehead atoms. The molecule has 2 unspecified atom stereocenters. The molecule has 0 saturated heterocycles. The second-order valence-corrected chi connectivity index (χ2v) is 10.3. The highest BCUT2D eigenvalue weighted by Crippen LogP contribution is 2.30. The molecule has 0 aromatic heterocycles. The number of quaternary nitrogens is 2. The van der Waals surface area contributed by atoms with E-state index in [0.29, 0.717) is 23.9 Å². The van der Waals surface area contributed by atoms with Gasteiger partial charge in [0.25, 0.3) is 0 Å². The number of rotatable bonds is 7. The van der Waals surface area contributed by atoms with Crippen LogP contribution in [-0.4, -0.2) is 17.7 Å². The molecule has 0 fully saturated rings. The minimum atomic E-state index is -0.579. The molecule has 5 nitrogen and oxygen atoms in total. The molecule has 156 valence electrons. The van der Waals surface area contributed by atoms with Gasteiger partial charge in [-0.2, -0.15) is 0 Å². The third kappa shape index (κ3) is 6.54. The van der Waals surface area contributed by atoms with Crippen LogP contribution in [-0.2, 0) is 10.3 Å². The van der Waals surface area contributed by atoms with Crippen molar-refractivity contribution in [2.45, 2.75) is 92.3 Å². The highest BCUT2D eigenvalue weighted by molar-refractivity contribution is 5.48. The van der Waals surface area contributed by atoms with E-state index in [-0.39, 0.29) is 10.1 Å². The Hall–Kier alpha value is -0.980. The van der Waals surface area contributed by atoms with Crippen LogP contribution in [0.1, 0.15) is 81.2 Å². The fourth-order valence-electron chi connectivity index (χ4n) is 2.66. The summed E-state index contributed by atoms with van der Waals surface area (Å²) in [5.74, 6) is 0.458. The second-order valence-electron chi connectivity index (χ2n) is 10.3. The van der Waals surface area contributed by atoms with Crippen molar-refractivity contribution in [2.75, 3.05) is 6.61 Å². The number of hydrogen-bond donors (Lipinski definition) is 2. The molecule has 1 aromatic carbocycles. The van der Waals surface area contributed by atoms with Gasteiger partial charge in [-0.3, -0.25) is 0 Å². The number of nitrogens with one attached hydrogen (secondary N) is 2. The topological polar surface area (TPSA) is 64.2 Å². The maximum atomic E-state index is 12.9. The van der Waals surface area contributed by atoms with Gasteiger partial charge in [-0.15, -0.1) is 0 Å². The van der Waals surface area contributed by atoms with Crippen molar-refractivity contribution < 1.29 is 14.9 Å². The fourth-order valence-corrected chi connectivity index (χ4v) is 2.66. The lowest BCUT2D eigenvalue weighted by Crippen LogP contribution is -3.11. The van der Waals surface area contributed by atoms with Crippen molar-refractivity contribution >= 4 is 11.4 Å². The highest BCUT2D eigenvalue weighted by atomic mass is 16.5. The molecule has 0 saturated carbocycles. The minimum Gasteiger partial charge on any atom is -0.628 e. The monoisotopic (exact) mass is 380 g/mol. The van der Waals surface area contributed by atoms with Crippen LogP contribution in [0.4, 0.5) is 11.4 Å². The summed E-state index contributed by atoms with van der Waals surface area (Å²) in [6.45, 7) is 20.3. The summed E-state index contributed by atoms with van der Waals surface area (Å²) in [5.41, 5.74) is 0.420. The lowest BCUT2D eigenvalue weighted by molar-refractivity contribution is -0.838. The van der Waals surface area contributed by atoms with Crippen molar-refractivity contribution in [3.05, 3.63) is 34.2 Å². The van der Waals surface area contributed by atoms with Gasteiger partial charge >= 0.3 is 0 Å². The lowest BCUT2D eigenvalue weighted by Gasteiger charge is -2.39. The molecular weight excluding hydrogens is 340 g/mol. The molecule has 0 spiro atoms. The molecule has 0 amide bonds. The average Bonchev–Trinajstić information content (AvgIpc) is 2.56. The van der Waals surface area contributed by atoms with Crippen LogP contribution in [0, 0.1) is 16.3 Å². The lowest BCUT2D eigenvalue weighted by atomic mass is 9.94. The SMILES string of the molecule is CC[C@H](C)COC(C)(C)c1cc([NH+]([O-])C(C)(C)C)cc([NH+]([O-])C(C)(C)C)c1. The van der Waals surface area contributed by atoms with Gasteiger partial charge in [0, 0.05) is 12.1 Å². The van der Waals surface area contributed by atoms with E-state index in [1.807, 2.05) is 67.5 Å². The van der Waals surface area contributed by atoms with Crippen LogP contribution >= 0.6 is 0 Å². The molecule has 1 aromatic rings. The molecular formula is C22H40N2O3. The maximum Gasteiger partial charge on any atom is 0.138 e. The average molecular weight is 381 g/mol. The zero-order valence-electron chi connectivity index (χ0n) is 18.9. The summed E-state index contributed by atoms with van der Waals surface area (Å²) in [6, 6.07) is 5.53. The van der Waals surface area contributed by atoms with Gasteiger partial charge in [0.2, 0.25) is 0 Å². The first kappa shape index (κ1) is 24.1. The van der Waals surface area contributed by atoms with Gasteiger partial charge in [0.05, 0.1) is 29.4 Å². The number of hydroxylamine groups is 2. The standard InChI is InChI=1S/C22H40N2O3/c1-11-16(2)15-27-22(9,10)17-12-18(23(25)20(3,4)5)14-19(13-17)24(26)21(6,7)8/h12-14,16,23-24H,11,15H2,1-10H3/t16-/m0/s1. The zero-order chi connectivity index (χ0) is 21.2. The van der Waals surface area contributed by atoms with Gasteiger partial charge in [0.1, 0.15) is 11.4 Å². The Morgan fingerprint density at radius 2 is 1.26 bits per heavy atom. The molecule has 2 N–H and O–H groups in total. The smallest absolute Gasteiger partial charge is 0.138 e. The Morgan fingerprint density at radius 1 is 0.852 bits per heavy atom. The number of hydrogen-bond acceptors (Lipinski definition) is 3. The van der Waals surface area contributed by atoms with Gasteiger partial charge in [-0.05, 0) is 66.9 Å². The summed E-state index contributed by atoms with van der Waals surface area (Å²) in [5, 5.41) is 25.9. The fraction of sp³-hybridized carbons (Fsp3) is 0.727. The summed E-state index contributed by atoms with van der Waals surface area (Å²) in [6.07, 6.45) is 1.05. The van der Waals surface area contributed by atoms with E-state index in [1.54, 1.807) is 6.07 Å². The molecule has 0 aliphatic carbocycles. The Labute approximate surface area is 165 Å². The number of benzene rings is 1. The molecule has 0 heterocycles. The van der Waals surface area contributed by atoms with Crippen LogP contribution in [0.5, 0.6) is 0 Å². The van der Waals surface area contributed by atoms with E-state index in [0.717, 1.165) is 12.0 Å². The predicted octanol–water partition coefficient (Wildman–Crippen LogP) is 3.61. The zero-order valence-corrected chi connectivity index (χ0v) is 18.9. The van der Waals surface area contributed by atoms with Crippen molar-refractivity contribution in [3.63, 3.8) is 0 Å². The normalized spacial score (nSPS) is 16.9. The molecule has 27 heavy (non-hydrogen) atoms. The van der Waals surface area contributed by atoms with Gasteiger partial charge in [-0.25, -0.2) is 0 Å². The molecule has 1 rings (SSSR count). The van der Waals surface area contributed by atoms with E-state index < -0.39 is 16.7 Å². The summed E-state index contributed by atoms with van der Waals surface area (Å²) in [7, 11) is 0. The Balaban J connectivity index is 3.41. The molecule has 3 atom stereocenters. The van der Waals surface area contributed by atoms with Gasteiger partial charge in [-0.1, -0.05) is 20.3 Å². The van der Waals surface area contributed by atoms with E-state index in [9.17, 15) is 10.4 Å². The molecule has 0 radical (unpaired) electrons. The van der Waals surface area contributed by atoms with Gasteiger partial charge in [0.15, 0.2) is 0 Å². The molecule has 5 heteroatoms. The van der Waals surface area contributed by atoms with Crippen LogP contribution in [0.25, 0.3) is 0 Å².